The van der Waals surface area contributed by atoms with Crippen LogP contribution in [0.2, 0.25) is 0 Å². The zero-order chi connectivity index (χ0) is 21.1. The fourth-order valence-corrected chi connectivity index (χ4v) is 2.33. The van der Waals surface area contributed by atoms with Gasteiger partial charge in [-0.2, -0.15) is 0 Å². The maximum Gasteiger partial charge on any atom is 0.298 e. The van der Waals surface area contributed by atoms with Crippen molar-refractivity contribution in [3.05, 3.63) is 62.7 Å². The first-order chi connectivity index (χ1) is 13.3. The molecule has 28 heavy (non-hydrogen) atoms. The summed E-state index contributed by atoms with van der Waals surface area (Å²) in [6, 6.07) is 10.9. The Bertz CT molecular complexity index is 782. The number of nitrogens with two attached hydrogens (primary N) is 2. The maximum atomic E-state index is 10.3. The van der Waals surface area contributed by atoms with Crippen LogP contribution in [0.5, 0.6) is 0 Å². The largest absolute Gasteiger partial charge is 0.399 e. The molecule has 0 saturated heterocycles. The van der Waals surface area contributed by atoms with Crippen LogP contribution in [0.15, 0.2) is 42.5 Å². The van der Waals surface area contributed by atoms with Gasteiger partial charge in [0.05, 0.1) is 22.5 Å². The van der Waals surface area contributed by atoms with Crippen LogP contribution >= 0.6 is 0 Å². The van der Waals surface area contributed by atoms with Crippen LogP contribution in [-0.2, 0) is 0 Å². The SMILES string of the molecule is CCCCN(CCO)c1ccc(N)cc1.Nc1ccc([N+](=O)[O-])cc1[N+](=O)[O-]. The highest BCUT2D eigenvalue weighted by molar-refractivity contribution is 5.62. The van der Waals surface area contributed by atoms with E-state index in [-0.39, 0.29) is 18.0 Å². The van der Waals surface area contributed by atoms with Crippen LogP contribution < -0.4 is 16.4 Å². The summed E-state index contributed by atoms with van der Waals surface area (Å²) in [6.07, 6.45) is 2.31. The smallest absolute Gasteiger partial charge is 0.298 e. The van der Waals surface area contributed by atoms with Crippen molar-refractivity contribution in [2.75, 3.05) is 36.1 Å². The molecule has 10 nitrogen and oxygen atoms in total. The van der Waals surface area contributed by atoms with Crippen molar-refractivity contribution >= 4 is 28.4 Å². The molecule has 2 aromatic carbocycles. The lowest BCUT2D eigenvalue weighted by molar-refractivity contribution is -0.393. The fourth-order valence-electron chi connectivity index (χ4n) is 2.33. The molecule has 0 saturated carbocycles. The number of unbranched alkanes of at least 4 members (excludes halogenated alkanes) is 1. The number of nitrogens with zero attached hydrogens (tertiary/aromatic N) is 3. The number of hydrogen-bond donors (Lipinski definition) is 3. The van der Waals surface area contributed by atoms with Crippen molar-refractivity contribution < 1.29 is 15.0 Å². The Morgan fingerprint density at radius 3 is 2.14 bits per heavy atom. The number of aliphatic hydroxyl groups is 1. The van der Waals surface area contributed by atoms with Crippen molar-refractivity contribution in [3.63, 3.8) is 0 Å². The number of rotatable bonds is 8. The average molecular weight is 391 g/mol. The Balaban J connectivity index is 0.000000283. The molecule has 0 aromatic heterocycles. The van der Waals surface area contributed by atoms with E-state index in [2.05, 4.69) is 11.8 Å². The number of nitro benzene ring substituents is 2. The predicted molar refractivity (Wildman–Crippen MR) is 109 cm³/mol. The van der Waals surface area contributed by atoms with Gasteiger partial charge in [0.15, 0.2) is 0 Å². The van der Waals surface area contributed by atoms with E-state index in [4.69, 9.17) is 16.6 Å². The Kier molecular flexibility index (Phi) is 9.17. The van der Waals surface area contributed by atoms with E-state index in [1.807, 2.05) is 24.3 Å². The minimum Gasteiger partial charge on any atom is -0.399 e. The number of aliphatic hydroxyl groups excluding tert-OH is 1. The van der Waals surface area contributed by atoms with Gasteiger partial charge in [0.1, 0.15) is 5.69 Å². The Morgan fingerprint density at radius 1 is 1.00 bits per heavy atom. The molecule has 0 amide bonds. The quantitative estimate of drug-likeness (QED) is 0.351. The third-order valence-electron chi connectivity index (χ3n) is 3.83. The second kappa shape index (κ2) is 11.3. The highest BCUT2D eigenvalue weighted by atomic mass is 16.6. The third-order valence-corrected chi connectivity index (χ3v) is 3.83. The van der Waals surface area contributed by atoms with Gasteiger partial charge in [-0.25, -0.2) is 0 Å². The highest BCUT2D eigenvalue weighted by Gasteiger charge is 2.16. The predicted octanol–water partition coefficient (Wildman–Crippen LogP) is 2.95. The minimum absolute atomic E-state index is 0.0874. The van der Waals surface area contributed by atoms with Crippen molar-refractivity contribution in [3.8, 4) is 0 Å². The van der Waals surface area contributed by atoms with Crippen LogP contribution in [0, 0.1) is 20.2 Å². The van der Waals surface area contributed by atoms with Gasteiger partial charge >= 0.3 is 0 Å². The van der Waals surface area contributed by atoms with Crippen molar-refractivity contribution in [2.45, 2.75) is 19.8 Å². The average Bonchev–Trinajstić information content (AvgIpc) is 2.66. The Labute approximate surface area is 162 Å². The van der Waals surface area contributed by atoms with E-state index < -0.39 is 15.5 Å². The first-order valence-electron chi connectivity index (χ1n) is 8.69. The molecule has 0 spiro atoms. The van der Waals surface area contributed by atoms with E-state index in [9.17, 15) is 20.2 Å². The Morgan fingerprint density at radius 2 is 1.64 bits per heavy atom. The molecule has 5 N–H and O–H groups in total. The van der Waals surface area contributed by atoms with Gasteiger partial charge in [0, 0.05) is 30.5 Å². The summed E-state index contributed by atoms with van der Waals surface area (Å²) < 4.78 is 0. The molecule has 0 aliphatic rings. The topological polar surface area (TPSA) is 162 Å². The number of hydrogen-bond acceptors (Lipinski definition) is 8. The third kappa shape index (κ3) is 7.08. The summed E-state index contributed by atoms with van der Waals surface area (Å²) in [5.74, 6) is 0. The molecular formula is C18H25N5O5. The summed E-state index contributed by atoms with van der Waals surface area (Å²) in [5, 5.41) is 29.5. The first kappa shape index (κ1) is 22.6. The molecule has 0 fully saturated rings. The monoisotopic (exact) mass is 391 g/mol. The van der Waals surface area contributed by atoms with Gasteiger partial charge in [0.25, 0.3) is 11.4 Å². The molecule has 152 valence electrons. The van der Waals surface area contributed by atoms with E-state index in [0.29, 0.717) is 6.54 Å². The normalized spacial score (nSPS) is 9.93. The van der Waals surface area contributed by atoms with Crippen LogP contribution in [0.25, 0.3) is 0 Å². The molecule has 0 radical (unpaired) electrons. The maximum absolute atomic E-state index is 10.3. The van der Waals surface area contributed by atoms with E-state index in [0.717, 1.165) is 49.0 Å². The van der Waals surface area contributed by atoms with E-state index in [1.54, 1.807) is 0 Å². The molecule has 0 atom stereocenters. The number of non-ortho nitro benzene ring substituents is 1. The summed E-state index contributed by atoms with van der Waals surface area (Å²) in [4.78, 5) is 21.2. The van der Waals surface area contributed by atoms with Gasteiger partial charge in [-0.15, -0.1) is 0 Å². The number of anilines is 3. The zero-order valence-corrected chi connectivity index (χ0v) is 15.7. The zero-order valence-electron chi connectivity index (χ0n) is 15.7. The summed E-state index contributed by atoms with van der Waals surface area (Å²) in [5.41, 5.74) is 11.9. The number of nitro groups is 2. The van der Waals surface area contributed by atoms with Gasteiger partial charge in [-0.3, -0.25) is 20.2 Å². The summed E-state index contributed by atoms with van der Waals surface area (Å²) in [7, 11) is 0. The standard InChI is InChI=1S/C12H20N2O.C6H5N3O4/c1-2-3-8-14(9-10-15)12-6-4-11(13)5-7-12;7-5-2-1-4(8(10)11)3-6(5)9(12)13/h4-7,15H,2-3,8-10,13H2,1H3;1-3H,7H2. The lowest BCUT2D eigenvalue weighted by Gasteiger charge is -2.23. The first-order valence-corrected chi connectivity index (χ1v) is 8.69. The molecular weight excluding hydrogens is 366 g/mol. The molecule has 0 aliphatic carbocycles. The van der Waals surface area contributed by atoms with Gasteiger partial charge in [-0.1, -0.05) is 13.3 Å². The van der Waals surface area contributed by atoms with Gasteiger partial charge in [-0.05, 0) is 36.8 Å². The van der Waals surface area contributed by atoms with E-state index >= 15 is 0 Å². The Hall–Kier alpha value is -3.40. The highest BCUT2D eigenvalue weighted by Crippen LogP contribution is 2.25. The lowest BCUT2D eigenvalue weighted by Crippen LogP contribution is -2.27. The lowest BCUT2D eigenvalue weighted by atomic mass is 10.2. The molecule has 10 heteroatoms. The summed E-state index contributed by atoms with van der Waals surface area (Å²) in [6.45, 7) is 4.03. The van der Waals surface area contributed by atoms with Crippen LogP contribution in [-0.4, -0.2) is 34.6 Å². The molecule has 2 rings (SSSR count). The number of benzene rings is 2. The van der Waals surface area contributed by atoms with Gasteiger partial charge in [0.2, 0.25) is 0 Å². The second-order valence-electron chi connectivity index (χ2n) is 5.91. The van der Waals surface area contributed by atoms with Crippen molar-refractivity contribution in [1.82, 2.24) is 0 Å². The summed E-state index contributed by atoms with van der Waals surface area (Å²) >= 11 is 0. The van der Waals surface area contributed by atoms with Gasteiger partial charge < -0.3 is 21.5 Å². The molecule has 0 unspecified atom stereocenters. The fraction of sp³-hybridized carbons (Fsp3) is 0.333. The number of nitrogen functional groups attached to an aromatic ring is 2. The minimum atomic E-state index is -0.762. The van der Waals surface area contributed by atoms with Crippen LogP contribution in [0.3, 0.4) is 0 Å². The van der Waals surface area contributed by atoms with E-state index in [1.165, 1.54) is 0 Å². The molecule has 0 bridgehead atoms. The molecule has 0 aliphatic heterocycles. The molecule has 2 aromatic rings. The van der Waals surface area contributed by atoms with Crippen molar-refractivity contribution in [1.29, 1.82) is 0 Å². The van der Waals surface area contributed by atoms with Crippen molar-refractivity contribution in [2.24, 2.45) is 0 Å². The van der Waals surface area contributed by atoms with Crippen LogP contribution in [0.4, 0.5) is 28.4 Å². The van der Waals surface area contributed by atoms with Crippen LogP contribution in [0.1, 0.15) is 19.8 Å². The second-order valence-corrected chi connectivity index (χ2v) is 5.91. The molecule has 0 heterocycles.